The van der Waals surface area contributed by atoms with Gasteiger partial charge in [-0.15, -0.1) is 0 Å². The van der Waals surface area contributed by atoms with Crippen LogP contribution >= 0.6 is 0 Å². The summed E-state index contributed by atoms with van der Waals surface area (Å²) in [5, 5.41) is 9.07. The molecule has 0 aliphatic rings. The lowest BCUT2D eigenvalue weighted by Crippen LogP contribution is -2.24. The number of methoxy groups -OCH3 is 2. The number of ether oxygens (including phenoxy) is 2. The number of carboxylic acids is 1. The Morgan fingerprint density at radius 2 is 1.84 bits per heavy atom. The van der Waals surface area contributed by atoms with E-state index < -0.39 is 11.4 Å². The summed E-state index contributed by atoms with van der Waals surface area (Å²) in [6, 6.07) is 1.93. The fourth-order valence-corrected chi connectivity index (χ4v) is 2.63. The van der Waals surface area contributed by atoms with Gasteiger partial charge in [-0.1, -0.05) is 13.8 Å². The molecule has 19 heavy (non-hydrogen) atoms. The van der Waals surface area contributed by atoms with Gasteiger partial charge in [0.05, 0.1) is 20.6 Å². The van der Waals surface area contributed by atoms with Crippen molar-refractivity contribution in [2.24, 2.45) is 0 Å². The van der Waals surface area contributed by atoms with Crippen molar-refractivity contribution >= 4 is 5.97 Å². The second-order valence-corrected chi connectivity index (χ2v) is 5.38. The van der Waals surface area contributed by atoms with Gasteiger partial charge in [-0.3, -0.25) is 4.79 Å². The maximum atomic E-state index is 11.0. The second kappa shape index (κ2) is 5.51. The minimum absolute atomic E-state index is 0.0516. The smallest absolute Gasteiger partial charge is 0.304 e. The third-order valence-electron chi connectivity index (χ3n) is 3.37. The number of hydrogen-bond acceptors (Lipinski definition) is 3. The molecule has 0 atom stereocenters. The van der Waals surface area contributed by atoms with E-state index in [-0.39, 0.29) is 6.42 Å². The number of aliphatic carboxylic acids is 1. The predicted molar refractivity (Wildman–Crippen MR) is 74.3 cm³/mol. The average molecular weight is 266 g/mol. The van der Waals surface area contributed by atoms with E-state index in [2.05, 4.69) is 0 Å². The van der Waals surface area contributed by atoms with Crippen molar-refractivity contribution in [1.29, 1.82) is 0 Å². The van der Waals surface area contributed by atoms with E-state index in [1.165, 1.54) is 0 Å². The minimum Gasteiger partial charge on any atom is -0.496 e. The number of rotatable bonds is 5. The normalized spacial score (nSPS) is 11.3. The zero-order valence-corrected chi connectivity index (χ0v) is 12.5. The monoisotopic (exact) mass is 266 g/mol. The fourth-order valence-electron chi connectivity index (χ4n) is 2.63. The van der Waals surface area contributed by atoms with Gasteiger partial charge in [0, 0.05) is 16.5 Å². The molecule has 0 unspecified atom stereocenters. The van der Waals surface area contributed by atoms with Crippen LogP contribution in [0.25, 0.3) is 0 Å². The zero-order chi connectivity index (χ0) is 14.8. The van der Waals surface area contributed by atoms with E-state index in [0.717, 1.165) is 22.4 Å². The van der Waals surface area contributed by atoms with Crippen molar-refractivity contribution in [3.8, 4) is 11.5 Å². The lowest BCUT2D eigenvalue weighted by molar-refractivity contribution is -0.138. The Bertz CT molecular complexity index is 489. The number of aryl methyl sites for hydroxylation is 1. The van der Waals surface area contributed by atoms with Crippen molar-refractivity contribution in [3.63, 3.8) is 0 Å². The van der Waals surface area contributed by atoms with Gasteiger partial charge in [0.15, 0.2) is 0 Å². The van der Waals surface area contributed by atoms with Crippen LogP contribution in [0, 0.1) is 13.8 Å². The van der Waals surface area contributed by atoms with Gasteiger partial charge in [0.1, 0.15) is 11.5 Å². The maximum absolute atomic E-state index is 11.0. The van der Waals surface area contributed by atoms with E-state index in [4.69, 9.17) is 14.6 Å². The molecule has 0 spiro atoms. The highest BCUT2D eigenvalue weighted by atomic mass is 16.5. The first-order valence-corrected chi connectivity index (χ1v) is 6.19. The van der Waals surface area contributed by atoms with E-state index in [1.807, 2.05) is 33.8 Å². The van der Waals surface area contributed by atoms with Crippen LogP contribution in [0.2, 0.25) is 0 Å². The molecule has 1 rings (SSSR count). The van der Waals surface area contributed by atoms with E-state index >= 15 is 0 Å². The van der Waals surface area contributed by atoms with Crippen molar-refractivity contribution in [1.82, 2.24) is 0 Å². The number of carbonyl (C=O) groups is 1. The molecule has 0 fully saturated rings. The van der Waals surface area contributed by atoms with E-state index in [0.29, 0.717) is 5.75 Å². The van der Waals surface area contributed by atoms with Crippen molar-refractivity contribution in [2.45, 2.75) is 39.5 Å². The molecule has 4 nitrogen and oxygen atoms in total. The summed E-state index contributed by atoms with van der Waals surface area (Å²) in [7, 11) is 3.21. The molecule has 1 N–H and O–H groups in total. The van der Waals surface area contributed by atoms with Gasteiger partial charge in [-0.25, -0.2) is 0 Å². The highest BCUT2D eigenvalue weighted by Crippen LogP contribution is 2.42. The van der Waals surface area contributed by atoms with Crippen molar-refractivity contribution in [3.05, 3.63) is 22.8 Å². The van der Waals surface area contributed by atoms with Crippen LogP contribution in [0.1, 0.15) is 37.0 Å². The highest BCUT2D eigenvalue weighted by molar-refractivity contribution is 5.70. The predicted octanol–water partition coefficient (Wildman–Crippen LogP) is 3.07. The SMILES string of the molecule is COc1cc(C)c(C(C)(C)CC(=O)O)c(OC)c1C. The van der Waals surface area contributed by atoms with Crippen LogP contribution in [0.15, 0.2) is 6.07 Å². The summed E-state index contributed by atoms with van der Waals surface area (Å²) in [5.74, 6) is 0.646. The molecule has 0 aromatic heterocycles. The molecule has 1 aromatic rings. The molecule has 1 aromatic carbocycles. The standard InChI is InChI=1S/C15H22O4/c1-9-7-11(18-5)10(2)14(19-6)13(9)15(3,4)8-12(16)17/h7H,8H2,1-6H3,(H,16,17). The van der Waals surface area contributed by atoms with Crippen molar-refractivity contribution in [2.75, 3.05) is 14.2 Å². The van der Waals surface area contributed by atoms with Gasteiger partial charge in [0.25, 0.3) is 0 Å². The number of hydrogen-bond donors (Lipinski definition) is 1. The fraction of sp³-hybridized carbons (Fsp3) is 0.533. The molecule has 0 bridgehead atoms. The lowest BCUT2D eigenvalue weighted by Gasteiger charge is -2.29. The average Bonchev–Trinajstić information content (AvgIpc) is 2.28. The summed E-state index contributed by atoms with van der Waals surface area (Å²) < 4.78 is 10.8. The molecule has 4 heteroatoms. The summed E-state index contributed by atoms with van der Waals surface area (Å²) in [6.45, 7) is 7.69. The first-order valence-electron chi connectivity index (χ1n) is 6.19. The zero-order valence-electron chi connectivity index (χ0n) is 12.5. The van der Waals surface area contributed by atoms with Crippen LogP contribution in [-0.2, 0) is 10.2 Å². The molecular formula is C15H22O4. The van der Waals surface area contributed by atoms with Gasteiger partial charge in [-0.05, 0) is 25.5 Å². The minimum atomic E-state index is -0.820. The van der Waals surface area contributed by atoms with E-state index in [1.54, 1.807) is 14.2 Å². The quantitative estimate of drug-likeness (QED) is 0.889. The molecule has 0 heterocycles. The first-order chi connectivity index (χ1) is 8.74. The number of carboxylic acid groups (broad SMARTS) is 1. The third kappa shape index (κ3) is 3.00. The molecule has 0 aliphatic heterocycles. The molecule has 0 radical (unpaired) electrons. The summed E-state index contributed by atoms with van der Waals surface area (Å²) >= 11 is 0. The number of benzene rings is 1. The van der Waals surface area contributed by atoms with Crippen molar-refractivity contribution < 1.29 is 19.4 Å². The second-order valence-electron chi connectivity index (χ2n) is 5.38. The molecule has 106 valence electrons. The Morgan fingerprint density at radius 1 is 1.26 bits per heavy atom. The Labute approximate surface area is 114 Å². The van der Waals surface area contributed by atoms with Crippen LogP contribution in [0.3, 0.4) is 0 Å². The molecule has 0 saturated heterocycles. The molecule has 0 aliphatic carbocycles. The third-order valence-corrected chi connectivity index (χ3v) is 3.37. The topological polar surface area (TPSA) is 55.8 Å². The maximum Gasteiger partial charge on any atom is 0.304 e. The van der Waals surface area contributed by atoms with Gasteiger partial charge in [-0.2, -0.15) is 0 Å². The highest BCUT2D eigenvalue weighted by Gasteiger charge is 2.31. The summed E-state index contributed by atoms with van der Waals surface area (Å²) in [4.78, 5) is 11.0. The van der Waals surface area contributed by atoms with Crippen LogP contribution < -0.4 is 9.47 Å². The van der Waals surface area contributed by atoms with Crippen LogP contribution in [0.4, 0.5) is 0 Å². The van der Waals surface area contributed by atoms with Gasteiger partial charge < -0.3 is 14.6 Å². The Balaban J connectivity index is 3.50. The van der Waals surface area contributed by atoms with Gasteiger partial charge in [0.2, 0.25) is 0 Å². The lowest BCUT2D eigenvalue weighted by atomic mass is 9.78. The summed E-state index contributed by atoms with van der Waals surface area (Å²) in [5.41, 5.74) is 2.29. The van der Waals surface area contributed by atoms with E-state index in [9.17, 15) is 4.79 Å². The largest absolute Gasteiger partial charge is 0.496 e. The first kappa shape index (κ1) is 15.3. The Kier molecular flexibility index (Phi) is 4.45. The molecular weight excluding hydrogens is 244 g/mol. The summed E-state index contributed by atoms with van der Waals surface area (Å²) in [6.07, 6.45) is 0.0516. The Hall–Kier alpha value is -1.71. The van der Waals surface area contributed by atoms with Gasteiger partial charge >= 0.3 is 5.97 Å². The molecule has 0 saturated carbocycles. The Morgan fingerprint density at radius 3 is 2.26 bits per heavy atom. The van der Waals surface area contributed by atoms with Crippen LogP contribution in [0.5, 0.6) is 11.5 Å². The van der Waals surface area contributed by atoms with Crippen LogP contribution in [-0.4, -0.2) is 25.3 Å². The molecule has 0 amide bonds.